The van der Waals surface area contributed by atoms with Gasteiger partial charge < -0.3 is 15.0 Å². The van der Waals surface area contributed by atoms with E-state index in [1.54, 1.807) is 0 Å². The Morgan fingerprint density at radius 2 is 2.05 bits per heavy atom. The number of ether oxygens (including phenoxy) is 1. The van der Waals surface area contributed by atoms with Crippen LogP contribution in [0.5, 0.6) is 0 Å². The molecule has 0 saturated carbocycles. The van der Waals surface area contributed by atoms with Crippen LogP contribution in [0.15, 0.2) is 30.3 Å². The smallest absolute Gasteiger partial charge is 0.410 e. The minimum absolute atomic E-state index is 0.143. The number of hydrogen-bond donors (Lipinski definition) is 1. The van der Waals surface area contributed by atoms with Gasteiger partial charge in [0.1, 0.15) is 5.60 Å². The van der Waals surface area contributed by atoms with Crippen LogP contribution in [-0.4, -0.2) is 42.3 Å². The molecule has 1 atom stereocenters. The highest BCUT2D eigenvalue weighted by Crippen LogP contribution is 2.16. The Hall–Kier alpha value is -1.55. The zero-order chi connectivity index (χ0) is 15.3. The second-order valence-electron chi connectivity index (χ2n) is 6.57. The molecule has 1 aromatic carbocycles. The lowest BCUT2D eigenvalue weighted by Gasteiger charge is -2.32. The fourth-order valence-corrected chi connectivity index (χ4v) is 2.57. The van der Waals surface area contributed by atoms with Crippen LogP contribution < -0.4 is 5.32 Å². The summed E-state index contributed by atoms with van der Waals surface area (Å²) in [7, 11) is 0. The molecule has 1 aromatic rings. The summed E-state index contributed by atoms with van der Waals surface area (Å²) < 4.78 is 5.56. The molecule has 4 nitrogen and oxygen atoms in total. The quantitative estimate of drug-likeness (QED) is 0.910. The van der Waals surface area contributed by atoms with Crippen molar-refractivity contribution >= 4 is 6.09 Å². The van der Waals surface area contributed by atoms with Gasteiger partial charge in [-0.05, 0) is 45.7 Å². The van der Waals surface area contributed by atoms with Crippen LogP contribution in [0.25, 0.3) is 0 Å². The number of amides is 1. The van der Waals surface area contributed by atoms with E-state index in [1.807, 2.05) is 43.9 Å². The van der Waals surface area contributed by atoms with Crippen LogP contribution in [-0.2, 0) is 11.2 Å². The Bertz CT molecular complexity index is 454. The first-order chi connectivity index (χ1) is 9.96. The molecule has 0 bridgehead atoms. The van der Waals surface area contributed by atoms with Crippen molar-refractivity contribution in [3.63, 3.8) is 0 Å². The number of carbonyl (C=O) groups excluding carboxylic acids is 1. The van der Waals surface area contributed by atoms with Crippen molar-refractivity contribution in [2.75, 3.05) is 19.6 Å². The van der Waals surface area contributed by atoms with Gasteiger partial charge in [-0.3, -0.25) is 0 Å². The summed E-state index contributed by atoms with van der Waals surface area (Å²) in [6, 6.07) is 10.5. The van der Waals surface area contributed by atoms with Crippen LogP contribution in [0.1, 0.15) is 32.8 Å². The Kier molecular flexibility index (Phi) is 5.23. The van der Waals surface area contributed by atoms with Crippen molar-refractivity contribution in [3.8, 4) is 0 Å². The topological polar surface area (TPSA) is 41.6 Å². The van der Waals surface area contributed by atoms with Crippen LogP contribution in [0, 0.1) is 0 Å². The first-order valence-corrected chi connectivity index (χ1v) is 7.70. The number of rotatable bonds is 2. The SMILES string of the molecule is CC(C)(C)OC(=O)N1CCCNC[C@@H]1Cc1ccccc1. The molecule has 1 aliphatic rings. The van der Waals surface area contributed by atoms with Gasteiger partial charge >= 0.3 is 6.09 Å². The summed E-state index contributed by atoms with van der Waals surface area (Å²) in [5.41, 5.74) is 0.799. The molecule has 1 N–H and O–H groups in total. The van der Waals surface area contributed by atoms with Crippen molar-refractivity contribution in [2.45, 2.75) is 45.3 Å². The molecule has 0 unspecified atom stereocenters. The highest BCUT2D eigenvalue weighted by molar-refractivity contribution is 5.68. The third-order valence-electron chi connectivity index (χ3n) is 3.52. The fraction of sp³-hybridized carbons (Fsp3) is 0.588. The highest BCUT2D eigenvalue weighted by atomic mass is 16.6. The third kappa shape index (κ3) is 5.05. The van der Waals surface area contributed by atoms with E-state index in [-0.39, 0.29) is 12.1 Å². The molecule has 0 spiro atoms. The molecule has 1 saturated heterocycles. The van der Waals surface area contributed by atoms with Crippen LogP contribution >= 0.6 is 0 Å². The standard InChI is InChI=1S/C17H26N2O2/c1-17(2,3)21-16(20)19-11-7-10-18-13-15(19)12-14-8-5-4-6-9-14/h4-6,8-9,15,18H,7,10-13H2,1-3H3/t15-/m0/s1. The largest absolute Gasteiger partial charge is 0.444 e. The summed E-state index contributed by atoms with van der Waals surface area (Å²) in [5, 5.41) is 3.42. The first kappa shape index (κ1) is 15.8. The monoisotopic (exact) mass is 290 g/mol. The minimum atomic E-state index is -0.450. The van der Waals surface area contributed by atoms with Gasteiger partial charge in [0.15, 0.2) is 0 Å². The first-order valence-electron chi connectivity index (χ1n) is 7.70. The minimum Gasteiger partial charge on any atom is -0.444 e. The molecule has 0 aliphatic carbocycles. The molecule has 1 heterocycles. The third-order valence-corrected chi connectivity index (χ3v) is 3.52. The average Bonchev–Trinajstić information content (AvgIpc) is 2.63. The fourth-order valence-electron chi connectivity index (χ4n) is 2.57. The Morgan fingerprint density at radius 1 is 1.33 bits per heavy atom. The zero-order valence-corrected chi connectivity index (χ0v) is 13.3. The van der Waals surface area contributed by atoms with Gasteiger partial charge in [-0.15, -0.1) is 0 Å². The number of benzene rings is 1. The molecule has 1 amide bonds. The van der Waals surface area contributed by atoms with Crippen molar-refractivity contribution < 1.29 is 9.53 Å². The summed E-state index contributed by atoms with van der Waals surface area (Å²) in [6.07, 6.45) is 1.62. The lowest BCUT2D eigenvalue weighted by Crippen LogP contribution is -2.47. The predicted octanol–water partition coefficient (Wildman–Crippen LogP) is 2.83. The van der Waals surface area contributed by atoms with E-state index in [4.69, 9.17) is 4.74 Å². The molecule has 2 rings (SSSR count). The van der Waals surface area contributed by atoms with Crippen molar-refractivity contribution in [2.24, 2.45) is 0 Å². The lowest BCUT2D eigenvalue weighted by molar-refractivity contribution is 0.0177. The summed E-state index contributed by atoms with van der Waals surface area (Å²) in [6.45, 7) is 8.24. The Morgan fingerprint density at radius 3 is 2.71 bits per heavy atom. The molecular weight excluding hydrogens is 264 g/mol. The number of nitrogens with zero attached hydrogens (tertiary/aromatic N) is 1. The van der Waals surface area contributed by atoms with E-state index >= 15 is 0 Å². The molecule has 0 aromatic heterocycles. The molecule has 21 heavy (non-hydrogen) atoms. The Balaban J connectivity index is 2.08. The van der Waals surface area contributed by atoms with E-state index in [1.165, 1.54) is 5.56 Å². The zero-order valence-electron chi connectivity index (χ0n) is 13.3. The van der Waals surface area contributed by atoms with Crippen molar-refractivity contribution in [3.05, 3.63) is 35.9 Å². The molecule has 0 radical (unpaired) electrons. The number of nitrogens with one attached hydrogen (secondary N) is 1. The maximum absolute atomic E-state index is 12.4. The second-order valence-corrected chi connectivity index (χ2v) is 6.57. The Labute approximate surface area is 127 Å². The predicted molar refractivity (Wildman–Crippen MR) is 84.4 cm³/mol. The van der Waals surface area contributed by atoms with Gasteiger partial charge in [-0.2, -0.15) is 0 Å². The van der Waals surface area contributed by atoms with Gasteiger partial charge in [0.2, 0.25) is 0 Å². The van der Waals surface area contributed by atoms with Gasteiger partial charge in [0.25, 0.3) is 0 Å². The van der Waals surface area contributed by atoms with Crippen molar-refractivity contribution in [1.29, 1.82) is 0 Å². The molecule has 1 aliphatic heterocycles. The summed E-state index contributed by atoms with van der Waals surface area (Å²) in [5.74, 6) is 0. The van der Waals surface area contributed by atoms with Crippen LogP contribution in [0.3, 0.4) is 0 Å². The van der Waals surface area contributed by atoms with E-state index in [0.29, 0.717) is 0 Å². The number of hydrogen-bond acceptors (Lipinski definition) is 3. The average molecular weight is 290 g/mol. The maximum Gasteiger partial charge on any atom is 0.410 e. The van der Waals surface area contributed by atoms with Gasteiger partial charge in [-0.1, -0.05) is 30.3 Å². The molecular formula is C17H26N2O2. The van der Waals surface area contributed by atoms with Gasteiger partial charge in [0.05, 0.1) is 6.04 Å². The van der Waals surface area contributed by atoms with Crippen LogP contribution in [0.4, 0.5) is 4.79 Å². The van der Waals surface area contributed by atoms with Crippen molar-refractivity contribution in [1.82, 2.24) is 10.2 Å². The number of carbonyl (C=O) groups is 1. The van der Waals surface area contributed by atoms with Gasteiger partial charge in [0, 0.05) is 13.1 Å². The normalized spacial score (nSPS) is 20.0. The van der Waals surface area contributed by atoms with E-state index in [0.717, 1.165) is 32.5 Å². The highest BCUT2D eigenvalue weighted by Gasteiger charge is 2.29. The van der Waals surface area contributed by atoms with E-state index in [9.17, 15) is 4.79 Å². The lowest BCUT2D eigenvalue weighted by atomic mass is 10.0. The summed E-state index contributed by atoms with van der Waals surface area (Å²) >= 11 is 0. The second kappa shape index (κ2) is 6.94. The van der Waals surface area contributed by atoms with Crippen LogP contribution in [0.2, 0.25) is 0 Å². The van der Waals surface area contributed by atoms with E-state index < -0.39 is 5.60 Å². The van der Waals surface area contributed by atoms with E-state index in [2.05, 4.69) is 17.4 Å². The molecule has 4 heteroatoms. The maximum atomic E-state index is 12.4. The van der Waals surface area contributed by atoms with Gasteiger partial charge in [-0.25, -0.2) is 4.79 Å². The molecule has 1 fully saturated rings. The molecule has 116 valence electrons. The summed E-state index contributed by atoms with van der Waals surface area (Å²) in [4.78, 5) is 14.3.